The maximum absolute atomic E-state index is 10.3. The molecule has 3 N–H and O–H groups in total. The minimum absolute atomic E-state index is 0.0998. The molecule has 0 aliphatic rings. The largest absolute Gasteiger partial charge is 0.481 e. The minimum Gasteiger partial charge on any atom is -0.481 e. The molecule has 1 atom stereocenters. The second-order valence-corrected chi connectivity index (χ2v) is 5.65. The summed E-state index contributed by atoms with van der Waals surface area (Å²) in [6.45, 7) is 0.291. The van der Waals surface area contributed by atoms with Crippen molar-refractivity contribution in [3.05, 3.63) is 48.6 Å². The number of aliphatic hydroxyl groups is 2. The Morgan fingerprint density at radius 3 is 2.29 bits per heavy atom. The molecule has 0 aliphatic carbocycles. The number of carbonyl (C=O) groups is 1. The lowest BCUT2D eigenvalue weighted by atomic mass is 10.1. The molecule has 0 spiro atoms. The molecule has 0 rings (SSSR count). The normalized spacial score (nSPS) is 13.8. The number of carboxylic acids is 1. The smallest absolute Gasteiger partial charge is 0.303 e. The molecular weight excluding hydrogens is 304 g/mol. The zero-order valence-corrected chi connectivity index (χ0v) is 14.5. The predicted octanol–water partition coefficient (Wildman–Crippen LogP) is 4.16. The van der Waals surface area contributed by atoms with Crippen LogP contribution in [0.5, 0.6) is 0 Å². The molecule has 0 bridgehead atoms. The van der Waals surface area contributed by atoms with Gasteiger partial charge >= 0.3 is 5.97 Å². The zero-order valence-electron chi connectivity index (χ0n) is 14.5. The number of hydrogen-bond donors (Lipinski definition) is 3. The van der Waals surface area contributed by atoms with E-state index in [-0.39, 0.29) is 6.42 Å². The van der Waals surface area contributed by atoms with E-state index in [2.05, 4.69) is 24.3 Å². The number of allylic oxidation sites excluding steroid dienone is 7. The van der Waals surface area contributed by atoms with Crippen LogP contribution in [0.3, 0.4) is 0 Å². The van der Waals surface area contributed by atoms with Crippen LogP contribution in [0.1, 0.15) is 57.8 Å². The number of aliphatic carboxylic acids is 1. The van der Waals surface area contributed by atoms with Gasteiger partial charge in [0.05, 0.1) is 6.10 Å². The molecule has 1 unspecified atom stereocenters. The lowest BCUT2D eigenvalue weighted by molar-refractivity contribution is -0.137. The number of unbranched alkanes of at least 4 members (excludes halogenated alkanes) is 3. The first-order valence-electron chi connectivity index (χ1n) is 8.81. The van der Waals surface area contributed by atoms with Crippen LogP contribution in [0.2, 0.25) is 0 Å². The molecule has 0 aromatic carbocycles. The lowest BCUT2D eigenvalue weighted by Gasteiger charge is -2.02. The highest BCUT2D eigenvalue weighted by Crippen LogP contribution is 2.03. The summed E-state index contributed by atoms with van der Waals surface area (Å²) in [6.07, 6.45) is 22.4. The van der Waals surface area contributed by atoms with Crippen molar-refractivity contribution in [2.75, 3.05) is 6.61 Å². The number of aliphatic hydroxyl groups excluding tert-OH is 2. The van der Waals surface area contributed by atoms with E-state index in [0.29, 0.717) is 19.4 Å². The first-order chi connectivity index (χ1) is 11.7. The Hall–Kier alpha value is -1.65. The summed E-state index contributed by atoms with van der Waals surface area (Å²) >= 11 is 0. The molecule has 0 aliphatic heterocycles. The van der Waals surface area contributed by atoms with Gasteiger partial charge in [0, 0.05) is 13.0 Å². The van der Waals surface area contributed by atoms with Crippen LogP contribution in [0.4, 0.5) is 0 Å². The molecule has 0 saturated heterocycles. The van der Waals surface area contributed by atoms with Crippen molar-refractivity contribution in [3.63, 3.8) is 0 Å². The van der Waals surface area contributed by atoms with Gasteiger partial charge < -0.3 is 15.3 Å². The van der Waals surface area contributed by atoms with E-state index in [1.807, 2.05) is 12.2 Å². The van der Waals surface area contributed by atoms with E-state index in [1.165, 1.54) is 0 Å². The van der Waals surface area contributed by atoms with Crippen molar-refractivity contribution in [1.29, 1.82) is 0 Å². The molecule has 0 aromatic rings. The third-order valence-corrected chi connectivity index (χ3v) is 3.38. The second kappa shape index (κ2) is 17.7. The lowest BCUT2D eigenvalue weighted by Crippen LogP contribution is -2.03. The third-order valence-electron chi connectivity index (χ3n) is 3.38. The standard InChI is InChI=1S/C20H32O4/c21-18-13-11-9-7-5-3-1-2-4-6-8-10-12-15-19(22)16-14-17-20(23)24/h2-5,8,10,12,15,19,21-22H,1,6-7,9,11,13-14,16-18H2,(H,23,24)/b4-2-,5-3-,10-8-,15-12+. The van der Waals surface area contributed by atoms with Gasteiger partial charge in [-0.05, 0) is 44.9 Å². The second-order valence-electron chi connectivity index (χ2n) is 5.65. The van der Waals surface area contributed by atoms with Gasteiger partial charge in [0.25, 0.3) is 0 Å². The summed E-state index contributed by atoms with van der Waals surface area (Å²) in [7, 11) is 0. The fourth-order valence-corrected chi connectivity index (χ4v) is 2.02. The number of carboxylic acid groups (broad SMARTS) is 1. The van der Waals surface area contributed by atoms with Crippen LogP contribution in [-0.4, -0.2) is 34.0 Å². The molecule has 0 saturated carbocycles. The molecule has 0 amide bonds. The van der Waals surface area contributed by atoms with Crippen molar-refractivity contribution >= 4 is 5.97 Å². The summed E-state index contributed by atoms with van der Waals surface area (Å²) < 4.78 is 0. The van der Waals surface area contributed by atoms with Crippen molar-refractivity contribution in [2.45, 2.75) is 63.9 Å². The Morgan fingerprint density at radius 1 is 0.875 bits per heavy atom. The van der Waals surface area contributed by atoms with Gasteiger partial charge in [-0.25, -0.2) is 0 Å². The number of rotatable bonds is 15. The highest BCUT2D eigenvalue weighted by Gasteiger charge is 2.01. The van der Waals surface area contributed by atoms with Crippen molar-refractivity contribution in [3.8, 4) is 0 Å². The molecule has 4 heteroatoms. The van der Waals surface area contributed by atoms with Crippen molar-refractivity contribution in [1.82, 2.24) is 0 Å². The summed E-state index contributed by atoms with van der Waals surface area (Å²) in [5.74, 6) is -0.825. The number of hydrogen-bond acceptors (Lipinski definition) is 3. The monoisotopic (exact) mass is 336 g/mol. The Bertz CT molecular complexity index is 408. The molecule has 0 aromatic heterocycles. The van der Waals surface area contributed by atoms with Gasteiger partial charge in [-0.1, -0.05) is 55.0 Å². The predicted molar refractivity (Wildman–Crippen MR) is 98.8 cm³/mol. The third kappa shape index (κ3) is 18.4. The van der Waals surface area contributed by atoms with Gasteiger partial charge in [0.1, 0.15) is 0 Å². The molecule has 136 valence electrons. The Balaban J connectivity index is 3.57. The average Bonchev–Trinajstić information content (AvgIpc) is 2.55. The maximum atomic E-state index is 10.3. The van der Waals surface area contributed by atoms with Gasteiger partial charge in [-0.3, -0.25) is 4.79 Å². The minimum atomic E-state index is -0.825. The summed E-state index contributed by atoms with van der Waals surface area (Å²) in [5.41, 5.74) is 0. The summed E-state index contributed by atoms with van der Waals surface area (Å²) in [4.78, 5) is 10.3. The first-order valence-corrected chi connectivity index (χ1v) is 8.81. The van der Waals surface area contributed by atoms with E-state index in [9.17, 15) is 9.90 Å². The van der Waals surface area contributed by atoms with E-state index >= 15 is 0 Å². The maximum Gasteiger partial charge on any atom is 0.303 e. The van der Waals surface area contributed by atoms with E-state index in [4.69, 9.17) is 10.2 Å². The first kappa shape index (κ1) is 22.4. The Kier molecular flexibility index (Phi) is 16.5. The van der Waals surface area contributed by atoms with Crippen LogP contribution >= 0.6 is 0 Å². The van der Waals surface area contributed by atoms with E-state index in [1.54, 1.807) is 12.2 Å². The fourth-order valence-electron chi connectivity index (χ4n) is 2.02. The molecule has 0 fully saturated rings. The topological polar surface area (TPSA) is 77.8 Å². The van der Waals surface area contributed by atoms with Gasteiger partial charge in [-0.15, -0.1) is 0 Å². The van der Waals surface area contributed by atoms with Gasteiger partial charge in [0.2, 0.25) is 0 Å². The Morgan fingerprint density at radius 2 is 1.58 bits per heavy atom. The fraction of sp³-hybridized carbons (Fsp3) is 0.550. The molecule has 0 radical (unpaired) electrons. The molecular formula is C20H32O4. The van der Waals surface area contributed by atoms with Crippen LogP contribution in [-0.2, 0) is 4.79 Å². The average molecular weight is 336 g/mol. The van der Waals surface area contributed by atoms with Crippen LogP contribution in [0.25, 0.3) is 0 Å². The zero-order chi connectivity index (χ0) is 17.9. The van der Waals surface area contributed by atoms with Crippen molar-refractivity contribution < 1.29 is 20.1 Å². The van der Waals surface area contributed by atoms with Crippen LogP contribution < -0.4 is 0 Å². The van der Waals surface area contributed by atoms with Crippen LogP contribution in [0.15, 0.2) is 48.6 Å². The van der Waals surface area contributed by atoms with Gasteiger partial charge in [-0.2, -0.15) is 0 Å². The van der Waals surface area contributed by atoms with E-state index < -0.39 is 12.1 Å². The van der Waals surface area contributed by atoms with E-state index in [0.717, 1.165) is 38.5 Å². The molecule has 0 heterocycles. The van der Waals surface area contributed by atoms with Crippen molar-refractivity contribution in [2.24, 2.45) is 0 Å². The van der Waals surface area contributed by atoms with Crippen LogP contribution in [0, 0.1) is 0 Å². The summed E-state index contributed by atoms with van der Waals surface area (Å²) in [6, 6.07) is 0. The highest BCUT2D eigenvalue weighted by atomic mass is 16.4. The molecule has 4 nitrogen and oxygen atoms in total. The highest BCUT2D eigenvalue weighted by molar-refractivity contribution is 5.66. The SMILES string of the molecule is O=C(O)CCCC(O)/C=C/C=C\C/C=C\C/C=C\CCCCCO. The van der Waals surface area contributed by atoms with Gasteiger partial charge in [0.15, 0.2) is 0 Å². The quantitative estimate of drug-likeness (QED) is 0.238. The summed E-state index contributed by atoms with van der Waals surface area (Å²) in [5, 5.41) is 26.8. The Labute approximate surface area is 145 Å². The molecule has 24 heavy (non-hydrogen) atoms.